The molecule has 0 atom stereocenters. The first kappa shape index (κ1) is 15.9. The number of carbonyl (C=O) groups excluding carboxylic acids is 1. The maximum absolute atomic E-state index is 12.2. The summed E-state index contributed by atoms with van der Waals surface area (Å²) in [4.78, 5) is 16.7. The Morgan fingerprint density at radius 2 is 1.86 bits per heavy atom. The minimum Gasteiger partial charge on any atom is -0.296 e. The second kappa shape index (κ2) is 7.53. The molecule has 2 aromatic rings. The third-order valence-electron chi connectivity index (χ3n) is 3.60. The van der Waals surface area contributed by atoms with Crippen molar-refractivity contribution in [2.45, 2.75) is 39.8 Å². The number of carbonyl (C=O) groups is 1. The molecule has 0 aliphatic rings. The van der Waals surface area contributed by atoms with Crippen LogP contribution < -0.4 is 0 Å². The van der Waals surface area contributed by atoms with E-state index < -0.39 is 0 Å². The smallest absolute Gasteiger partial charge is 0.174 e. The molecule has 0 bridgehead atoms. The molecule has 0 aliphatic carbocycles. The number of hydrogen-bond acceptors (Lipinski definition) is 3. The predicted molar refractivity (Wildman–Crippen MR) is 90.0 cm³/mol. The zero-order valence-corrected chi connectivity index (χ0v) is 13.8. The zero-order valence-electron chi connectivity index (χ0n) is 13.0. The molecule has 0 amide bonds. The van der Waals surface area contributed by atoms with Gasteiger partial charge in [0.2, 0.25) is 0 Å². The first-order valence-electron chi connectivity index (χ1n) is 7.44. The fourth-order valence-electron chi connectivity index (χ4n) is 2.29. The van der Waals surface area contributed by atoms with Crippen molar-refractivity contribution >= 4 is 17.1 Å². The summed E-state index contributed by atoms with van der Waals surface area (Å²) in [6.45, 7) is 8.11. The summed E-state index contributed by atoms with van der Waals surface area (Å²) < 4.78 is 0. The molecule has 1 heterocycles. The van der Waals surface area contributed by atoms with Crippen molar-refractivity contribution in [1.82, 2.24) is 4.90 Å². The van der Waals surface area contributed by atoms with Crippen molar-refractivity contribution in [3.63, 3.8) is 0 Å². The summed E-state index contributed by atoms with van der Waals surface area (Å²) in [5, 5.41) is 0. The van der Waals surface area contributed by atoms with Gasteiger partial charge in [-0.05, 0) is 38.5 Å². The second-order valence-electron chi connectivity index (χ2n) is 5.63. The molecule has 0 aliphatic heterocycles. The number of rotatable bonds is 7. The minimum atomic E-state index is 0.256. The Hall–Kier alpha value is -1.45. The van der Waals surface area contributed by atoms with Gasteiger partial charge in [-0.25, -0.2) is 0 Å². The van der Waals surface area contributed by atoms with Gasteiger partial charge in [-0.15, -0.1) is 11.3 Å². The van der Waals surface area contributed by atoms with Gasteiger partial charge in [-0.2, -0.15) is 0 Å². The van der Waals surface area contributed by atoms with Crippen molar-refractivity contribution in [2.75, 3.05) is 6.54 Å². The summed E-state index contributed by atoms with van der Waals surface area (Å²) in [7, 11) is 0. The molecule has 2 nitrogen and oxygen atoms in total. The van der Waals surface area contributed by atoms with Crippen LogP contribution in [0.5, 0.6) is 0 Å². The minimum absolute atomic E-state index is 0.256. The molecule has 0 unspecified atom stereocenters. The van der Waals surface area contributed by atoms with Crippen LogP contribution in [0.25, 0.3) is 0 Å². The van der Waals surface area contributed by atoms with E-state index in [4.69, 9.17) is 0 Å². The van der Waals surface area contributed by atoms with Gasteiger partial charge < -0.3 is 0 Å². The lowest BCUT2D eigenvalue weighted by Crippen LogP contribution is -2.32. The highest BCUT2D eigenvalue weighted by atomic mass is 32.1. The van der Waals surface area contributed by atoms with Crippen LogP contribution >= 0.6 is 11.3 Å². The summed E-state index contributed by atoms with van der Waals surface area (Å²) in [5.41, 5.74) is 1.30. The molecule has 0 spiro atoms. The van der Waals surface area contributed by atoms with Gasteiger partial charge in [0, 0.05) is 30.4 Å². The lowest BCUT2D eigenvalue weighted by atomic mass is 10.1. The Morgan fingerprint density at radius 3 is 2.43 bits per heavy atom. The zero-order chi connectivity index (χ0) is 15.2. The first-order chi connectivity index (χ1) is 10.1. The van der Waals surface area contributed by atoms with E-state index in [2.05, 4.69) is 43.0 Å². The maximum Gasteiger partial charge on any atom is 0.174 e. The Bertz CT molecular complexity index is 574. The number of thiophene rings is 1. The second-order valence-corrected chi connectivity index (χ2v) is 6.92. The molecular formula is C18H23NOS. The third kappa shape index (κ3) is 4.80. The van der Waals surface area contributed by atoms with Crippen LogP contribution in [0.2, 0.25) is 0 Å². The van der Waals surface area contributed by atoms with Crippen molar-refractivity contribution in [1.29, 1.82) is 0 Å². The van der Waals surface area contributed by atoms with Crippen LogP contribution in [-0.4, -0.2) is 23.3 Å². The van der Waals surface area contributed by atoms with Crippen LogP contribution in [-0.2, 0) is 6.54 Å². The highest BCUT2D eigenvalue weighted by molar-refractivity contribution is 7.14. The Balaban J connectivity index is 1.93. The number of Topliss-reactive ketones (excluding diaryl/α,β-unsaturated/α-hetero) is 1. The van der Waals surface area contributed by atoms with Gasteiger partial charge in [-0.3, -0.25) is 9.69 Å². The molecule has 112 valence electrons. The summed E-state index contributed by atoms with van der Waals surface area (Å²) >= 11 is 1.59. The van der Waals surface area contributed by atoms with Gasteiger partial charge >= 0.3 is 0 Å². The SMILES string of the molecule is Cc1ccc(C(=O)CCN(Cc2ccccc2)C(C)C)s1. The standard InChI is InChI=1S/C18H23NOS/c1-14(2)19(13-16-7-5-4-6-8-16)12-11-17(20)18-10-9-15(3)21-18/h4-10,14H,11-13H2,1-3H3. The van der Waals surface area contributed by atoms with Crippen LogP contribution in [0.15, 0.2) is 42.5 Å². The van der Waals surface area contributed by atoms with Crippen LogP contribution in [0, 0.1) is 6.92 Å². The van der Waals surface area contributed by atoms with Crippen LogP contribution in [0.1, 0.15) is 40.4 Å². The van der Waals surface area contributed by atoms with Gasteiger partial charge in [0.25, 0.3) is 0 Å². The van der Waals surface area contributed by atoms with Crippen molar-refractivity contribution in [3.8, 4) is 0 Å². The van der Waals surface area contributed by atoms with Crippen molar-refractivity contribution in [2.24, 2.45) is 0 Å². The number of aryl methyl sites for hydroxylation is 1. The summed E-state index contributed by atoms with van der Waals surface area (Å²) in [6, 6.07) is 14.8. The molecule has 0 saturated heterocycles. The first-order valence-corrected chi connectivity index (χ1v) is 8.25. The van der Waals surface area contributed by atoms with Crippen LogP contribution in [0.4, 0.5) is 0 Å². The summed E-state index contributed by atoms with van der Waals surface area (Å²) in [5.74, 6) is 0.256. The molecular weight excluding hydrogens is 278 g/mol. The molecule has 0 N–H and O–H groups in total. The van der Waals surface area contributed by atoms with Crippen molar-refractivity contribution in [3.05, 3.63) is 57.8 Å². The normalized spacial score (nSPS) is 11.3. The maximum atomic E-state index is 12.2. The van der Waals surface area contributed by atoms with E-state index in [1.54, 1.807) is 11.3 Å². The molecule has 0 saturated carbocycles. The molecule has 1 aromatic carbocycles. The van der Waals surface area contributed by atoms with E-state index in [1.165, 1.54) is 10.4 Å². The third-order valence-corrected chi connectivity index (χ3v) is 4.64. The van der Waals surface area contributed by atoms with E-state index >= 15 is 0 Å². The molecule has 0 fully saturated rings. The summed E-state index contributed by atoms with van der Waals surface area (Å²) in [6.07, 6.45) is 0.588. The monoisotopic (exact) mass is 301 g/mol. The number of nitrogens with zero attached hydrogens (tertiary/aromatic N) is 1. The lowest BCUT2D eigenvalue weighted by molar-refractivity contribution is 0.0956. The lowest BCUT2D eigenvalue weighted by Gasteiger charge is -2.26. The predicted octanol–water partition coefficient (Wildman–Crippen LogP) is 4.54. The molecule has 0 radical (unpaired) electrons. The Kier molecular flexibility index (Phi) is 5.71. The fraction of sp³-hybridized carbons (Fsp3) is 0.389. The number of ketones is 1. The van der Waals surface area contributed by atoms with Gasteiger partial charge in [0.1, 0.15) is 0 Å². The average molecular weight is 301 g/mol. The number of benzene rings is 1. The van der Waals surface area contributed by atoms with E-state index in [0.717, 1.165) is 18.0 Å². The van der Waals surface area contributed by atoms with Crippen LogP contribution in [0.3, 0.4) is 0 Å². The molecule has 3 heteroatoms. The van der Waals surface area contributed by atoms with E-state index in [0.29, 0.717) is 12.5 Å². The quantitative estimate of drug-likeness (QED) is 0.700. The fourth-order valence-corrected chi connectivity index (χ4v) is 3.13. The van der Waals surface area contributed by atoms with Gasteiger partial charge in [0.05, 0.1) is 4.88 Å². The average Bonchev–Trinajstić information content (AvgIpc) is 2.90. The van der Waals surface area contributed by atoms with Gasteiger partial charge in [-0.1, -0.05) is 30.3 Å². The Labute approximate surface area is 131 Å². The molecule has 2 rings (SSSR count). The topological polar surface area (TPSA) is 20.3 Å². The molecule has 1 aromatic heterocycles. The highest BCUT2D eigenvalue weighted by Gasteiger charge is 2.14. The van der Waals surface area contributed by atoms with E-state index in [1.807, 2.05) is 25.1 Å². The largest absolute Gasteiger partial charge is 0.296 e. The highest BCUT2D eigenvalue weighted by Crippen LogP contribution is 2.17. The van der Waals surface area contributed by atoms with Crippen molar-refractivity contribution < 1.29 is 4.79 Å². The van der Waals surface area contributed by atoms with Gasteiger partial charge in [0.15, 0.2) is 5.78 Å². The van der Waals surface area contributed by atoms with E-state index in [9.17, 15) is 4.79 Å². The number of hydrogen-bond donors (Lipinski definition) is 0. The van der Waals surface area contributed by atoms with E-state index in [-0.39, 0.29) is 5.78 Å². The molecule has 21 heavy (non-hydrogen) atoms. The Morgan fingerprint density at radius 1 is 1.14 bits per heavy atom.